The van der Waals surface area contributed by atoms with Gasteiger partial charge in [-0.2, -0.15) is 0 Å². The molecule has 8 heterocycles. The van der Waals surface area contributed by atoms with Gasteiger partial charge in [0.05, 0.1) is 52.1 Å². The molecule has 0 aliphatic rings. The molecule has 0 saturated carbocycles. The number of rotatable bonds is 29. The highest BCUT2D eigenvalue weighted by Gasteiger charge is 2.29. The number of para-hydroxylation sites is 4. The third kappa shape index (κ3) is 25.2. The minimum atomic E-state index is -0.767. The van der Waals surface area contributed by atoms with Crippen molar-refractivity contribution in [3.05, 3.63) is 377 Å². The summed E-state index contributed by atoms with van der Waals surface area (Å²) < 4.78 is 93.3. The molecule has 43 heteroatoms. The lowest BCUT2D eigenvalue weighted by atomic mass is 10.2. The highest BCUT2D eigenvalue weighted by atomic mass is 19.1. The lowest BCUT2D eigenvalue weighted by Gasteiger charge is -2.11. The average Bonchev–Trinajstić information content (AvgIpc) is 1.64. The van der Waals surface area contributed by atoms with Crippen molar-refractivity contribution in [2.24, 2.45) is 45.6 Å². The molecule has 13 N–H and O–H groups in total. The number of hydrogen-bond donors (Lipinski definition) is 11. The number of aromatic nitrogens is 12. The van der Waals surface area contributed by atoms with Gasteiger partial charge in [-0.1, -0.05) is 86.6 Å². The van der Waals surface area contributed by atoms with E-state index < -0.39 is 87.6 Å². The van der Waals surface area contributed by atoms with E-state index in [9.17, 15) is 75.1 Å². The predicted molar refractivity (Wildman–Crippen MR) is 537 cm³/mol. The number of ether oxygens (including phenoxy) is 4. The van der Waals surface area contributed by atoms with E-state index in [4.69, 9.17) is 35.5 Å². The molecule has 16 rings (SSSR count). The fraction of sp³-hybridized carbons (Fsp3) is 0.146. The first-order valence-corrected chi connectivity index (χ1v) is 44.6. The van der Waals surface area contributed by atoms with Crippen LogP contribution in [0, 0.1) is 56.9 Å². The summed E-state index contributed by atoms with van der Waals surface area (Å²) in [6.07, 6.45) is 5.71. The van der Waals surface area contributed by atoms with Gasteiger partial charge in [0, 0.05) is 143 Å². The summed E-state index contributed by atoms with van der Waals surface area (Å²) >= 11 is 0. The molecule has 0 aliphatic carbocycles. The van der Waals surface area contributed by atoms with Gasteiger partial charge in [-0.15, -0.1) is 0 Å². The first-order valence-electron chi connectivity index (χ1n) is 44.6. The number of benzene rings is 8. The van der Waals surface area contributed by atoms with E-state index in [-0.39, 0.29) is 152 Å². The van der Waals surface area contributed by atoms with Crippen LogP contribution in [-0.2, 0) is 47.4 Å². The fourth-order valence-electron chi connectivity index (χ4n) is 14.4. The maximum Gasteiger partial charge on any atom is 0.284 e. The molecular formula is C103H96F4N22O17. The number of anilines is 8. The van der Waals surface area contributed by atoms with Gasteiger partial charge in [0.2, 0.25) is 17.7 Å². The molecule has 146 heavy (non-hydrogen) atoms. The summed E-state index contributed by atoms with van der Waals surface area (Å²) in [5.41, 5.74) is 13.3. The second kappa shape index (κ2) is 47.3. The number of carbonyl (C=O) groups excluding carboxylic acids is 8. The number of pyridine rings is 4. The van der Waals surface area contributed by atoms with Crippen LogP contribution < -0.4 is 95.2 Å². The molecule has 8 aromatic heterocycles. The van der Waals surface area contributed by atoms with Crippen LogP contribution in [0.2, 0.25) is 0 Å². The van der Waals surface area contributed by atoms with Gasteiger partial charge in [-0.05, 0) is 149 Å². The van der Waals surface area contributed by atoms with Crippen LogP contribution in [0.1, 0.15) is 84.5 Å². The van der Waals surface area contributed by atoms with Crippen LogP contribution in [0.3, 0.4) is 0 Å². The highest BCUT2D eigenvalue weighted by molar-refractivity contribution is 6.07. The summed E-state index contributed by atoms with van der Waals surface area (Å²) in [5.74, 6) is -6.14. The quantitative estimate of drug-likeness (QED) is 0.0194. The van der Waals surface area contributed by atoms with Crippen molar-refractivity contribution in [1.29, 1.82) is 0 Å². The fourth-order valence-corrected chi connectivity index (χ4v) is 14.4. The topological polar surface area (TPSA) is 501 Å². The lowest BCUT2D eigenvalue weighted by molar-refractivity contribution is -0.119. The number of aliphatic hydroxyl groups is 1. The summed E-state index contributed by atoms with van der Waals surface area (Å²) in [7, 11) is 6.72. The van der Waals surface area contributed by atoms with Crippen molar-refractivity contribution in [3.8, 4) is 68.7 Å². The van der Waals surface area contributed by atoms with E-state index in [1.807, 2.05) is 24.3 Å². The molecule has 8 amide bonds. The molecular weight excluding hydrogens is 1890 g/mol. The van der Waals surface area contributed by atoms with Crippen LogP contribution in [0.15, 0.2) is 287 Å². The Morgan fingerprint density at radius 1 is 0.329 bits per heavy atom. The SMILES string of the molecule is Cc1c(C(=O)Nc2ccc(Oc3ccnc(NC(=O)C(C)C)c3)c(F)c2)c(=O)n(-c2ccccc2)n1C.Cc1c(C(=O)Nc2ccc(Oc3ccnc(NC(=O)CCN)c3)c(F)c2)c(=O)n(-c2ccccc2)n1C.Cc1c(C(=O)Nc2ccc(Oc3ccnc(NC(=O)CN)c3)c(F)c2)c(=O)n(-c2ccccc2)n1C.Cc1c(C(=O)Nc2ccc(Oc3ccnc(NC(=O)CO)c3)c(F)c2)c(=O)n(-c2ccccc2)n1C. The number of aliphatic hydroxyl groups excluding tert-OH is 1. The lowest BCUT2D eigenvalue weighted by Crippen LogP contribution is -2.25. The number of carbonyl (C=O) groups is 8. The van der Waals surface area contributed by atoms with Crippen molar-refractivity contribution >= 4 is 93.3 Å². The molecule has 0 aliphatic heterocycles. The summed E-state index contributed by atoms with van der Waals surface area (Å²) in [5, 5.41) is 29.2. The zero-order valence-corrected chi connectivity index (χ0v) is 79.8. The minimum absolute atomic E-state index is 0.0418. The van der Waals surface area contributed by atoms with Crippen LogP contribution in [0.5, 0.6) is 46.0 Å². The molecule has 16 aromatic rings. The first-order chi connectivity index (χ1) is 70.0. The standard InChI is InChI=1S/C27H26FN5O4.C26H25FN6O4.C25H23FN6O4.C25H22FN5O5/c1-16(2)25(34)31-23-15-20(12-13-29-23)37-22-11-10-18(14-21(22)28)30-26(35)24-17(3)32(4)33(27(24)36)19-8-6-5-7-9-19;1-16-24(26(36)33(32(16)2)18-6-4-3-5-7-18)25(35)30-17-8-9-21(20(27)14-17)37-19-11-13-29-22(15-19)31-23(34)10-12-28;1-15-23(25(35)32(31(15)2)17-6-4-3-5-7-17)24(34)29-16-8-9-20(19(26)12-16)36-18-10-11-28-21(13-18)30-22(33)14-27;1-15-23(25(35)31(30(15)2)17-6-4-3-5-7-17)24(34)28-16-8-9-20(19(26)12-16)36-18-10-11-27-21(13-18)29-22(33)14-32/h5-16H,1-4H3,(H,30,35)(H,29,31,34);3-9,11,13-15H,10,12,28H2,1-2H3,(H,30,35)(H,29,31,34);3-13H,14,27H2,1-2H3,(H,29,34)(H,28,30,33);3-13,32H,14H2,1-2H3,(H,28,34)(H,27,29,33). The molecule has 0 atom stereocenters. The third-order valence-corrected chi connectivity index (χ3v) is 22.0. The Hall–Kier alpha value is -19.0. The van der Waals surface area contributed by atoms with E-state index in [2.05, 4.69) is 62.5 Å². The van der Waals surface area contributed by atoms with Gasteiger partial charge in [0.15, 0.2) is 46.3 Å². The highest BCUT2D eigenvalue weighted by Crippen LogP contribution is 2.34. The van der Waals surface area contributed by atoms with Gasteiger partial charge in [0.1, 0.15) is 75.1 Å². The molecule has 0 unspecified atom stereocenters. The monoisotopic (exact) mass is 1990 g/mol. The van der Waals surface area contributed by atoms with Crippen LogP contribution in [0.4, 0.5) is 63.6 Å². The Labute approximate surface area is 828 Å². The first kappa shape index (κ1) is 104. The van der Waals surface area contributed by atoms with E-state index in [0.717, 1.165) is 24.3 Å². The predicted octanol–water partition coefficient (Wildman–Crippen LogP) is 14.0. The number of nitrogens with one attached hydrogen (secondary N) is 8. The van der Waals surface area contributed by atoms with Crippen molar-refractivity contribution in [1.82, 2.24) is 57.4 Å². The molecule has 8 aromatic carbocycles. The molecule has 0 spiro atoms. The van der Waals surface area contributed by atoms with Crippen molar-refractivity contribution in [2.75, 3.05) is 62.2 Å². The van der Waals surface area contributed by atoms with Gasteiger partial charge in [-0.3, -0.25) is 76.3 Å². The zero-order chi connectivity index (χ0) is 105. The number of nitrogens with two attached hydrogens (primary N) is 2. The Balaban J connectivity index is 0.000000163. The Kier molecular flexibility index (Phi) is 33.8. The van der Waals surface area contributed by atoms with Gasteiger partial charge in [0.25, 0.3) is 51.8 Å². The molecule has 0 radical (unpaired) electrons. The van der Waals surface area contributed by atoms with E-state index in [0.29, 0.717) is 45.5 Å². The molecule has 0 saturated heterocycles. The largest absolute Gasteiger partial charge is 0.454 e. The molecule has 0 bridgehead atoms. The zero-order valence-electron chi connectivity index (χ0n) is 79.8. The van der Waals surface area contributed by atoms with Crippen molar-refractivity contribution in [2.45, 2.75) is 48.0 Å². The van der Waals surface area contributed by atoms with Crippen LogP contribution in [-0.4, -0.2) is 129 Å². The number of amides is 8. The van der Waals surface area contributed by atoms with Gasteiger partial charge in [-0.25, -0.2) is 56.2 Å². The van der Waals surface area contributed by atoms with E-state index >= 15 is 0 Å². The third-order valence-electron chi connectivity index (χ3n) is 22.0. The van der Waals surface area contributed by atoms with E-state index in [1.54, 1.807) is 186 Å². The number of nitrogens with zero attached hydrogens (tertiary/aromatic N) is 12. The second-order valence-corrected chi connectivity index (χ2v) is 32.2. The Morgan fingerprint density at radius 3 is 0.795 bits per heavy atom. The summed E-state index contributed by atoms with van der Waals surface area (Å²) in [6, 6.07) is 62.9. The number of halogens is 4. The van der Waals surface area contributed by atoms with Crippen molar-refractivity contribution < 1.29 is 80.0 Å². The minimum Gasteiger partial charge on any atom is -0.454 e. The molecule has 748 valence electrons. The molecule has 39 nitrogen and oxygen atoms in total. The maximum absolute atomic E-state index is 14.8. The smallest absolute Gasteiger partial charge is 0.284 e. The average molecular weight is 1990 g/mol. The van der Waals surface area contributed by atoms with Gasteiger partial charge >= 0.3 is 0 Å². The molecule has 0 fully saturated rings. The number of hydrogen-bond acceptors (Lipinski definition) is 23. The van der Waals surface area contributed by atoms with Crippen LogP contribution >= 0.6 is 0 Å². The second-order valence-electron chi connectivity index (χ2n) is 32.2. The Morgan fingerprint density at radius 2 is 0.568 bits per heavy atom. The van der Waals surface area contributed by atoms with Gasteiger partial charge < -0.3 is 78.1 Å². The van der Waals surface area contributed by atoms with Crippen LogP contribution in [0.25, 0.3) is 22.7 Å². The normalized spacial score (nSPS) is 10.7. The van der Waals surface area contributed by atoms with Crippen molar-refractivity contribution in [3.63, 3.8) is 0 Å². The van der Waals surface area contributed by atoms with E-state index in [1.165, 1.54) is 141 Å². The maximum atomic E-state index is 14.8. The Bertz CT molecular complexity index is 7630. The summed E-state index contributed by atoms with van der Waals surface area (Å²) in [4.78, 5) is 166. The summed E-state index contributed by atoms with van der Waals surface area (Å²) in [6.45, 7) is 9.42.